The number of likely N-dealkylation sites (tertiary alicyclic amines) is 1. The van der Waals surface area contributed by atoms with Crippen LogP contribution in [0.1, 0.15) is 37.8 Å². The summed E-state index contributed by atoms with van der Waals surface area (Å²) in [6.45, 7) is 3.21. The molecule has 3 rings (SSSR count). The molecule has 25 heavy (non-hydrogen) atoms. The normalized spacial score (nSPS) is 27.1. The molecule has 1 heterocycles. The Balaban J connectivity index is 1.59. The fraction of sp³-hybridized carbons (Fsp3) is 0.556. The molecule has 136 valence electrons. The van der Waals surface area contributed by atoms with Crippen LogP contribution < -0.4 is 5.32 Å². The number of nitrogens with zero attached hydrogens (tertiary/aromatic N) is 1. The van der Waals surface area contributed by atoms with E-state index in [1.807, 2.05) is 11.8 Å². The summed E-state index contributed by atoms with van der Waals surface area (Å²) in [7, 11) is 0. The minimum absolute atomic E-state index is 0.126. The number of amides is 1. The largest absolute Gasteiger partial charge is 0.481 e. The van der Waals surface area contributed by atoms with Crippen molar-refractivity contribution in [3.8, 4) is 0 Å². The zero-order chi connectivity index (χ0) is 18.2. The number of carbonyl (C=O) groups excluding carboxylic acids is 1. The van der Waals surface area contributed by atoms with Gasteiger partial charge in [-0.15, -0.1) is 0 Å². The monoisotopic (exact) mass is 384 g/mol. The molecule has 0 bridgehead atoms. The molecule has 1 aliphatic carbocycles. The van der Waals surface area contributed by atoms with Crippen molar-refractivity contribution < 1.29 is 14.7 Å². The van der Waals surface area contributed by atoms with Gasteiger partial charge in [0, 0.05) is 23.1 Å². The summed E-state index contributed by atoms with van der Waals surface area (Å²) in [5, 5.41) is 13.6. The number of benzene rings is 1. The Bertz CT molecular complexity index is 697. The number of hydrogen-bond donors (Lipinski definition) is 2. The van der Waals surface area contributed by atoms with Gasteiger partial charge in [-0.3, -0.25) is 14.5 Å². The summed E-state index contributed by atoms with van der Waals surface area (Å²) in [5.41, 5.74) is 0.144. The molecule has 0 radical (unpaired) electrons. The van der Waals surface area contributed by atoms with Crippen molar-refractivity contribution in [2.45, 2.75) is 32.2 Å². The van der Waals surface area contributed by atoms with Gasteiger partial charge in [0.25, 0.3) is 0 Å². The lowest BCUT2D eigenvalue weighted by atomic mass is 9.81. The van der Waals surface area contributed by atoms with Crippen molar-refractivity contribution >= 4 is 35.1 Å². The molecule has 1 saturated carbocycles. The Hall–Kier alpha value is -1.30. The number of rotatable bonds is 5. The number of halogens is 2. The molecule has 2 N–H and O–H groups in total. The minimum Gasteiger partial charge on any atom is -0.481 e. The van der Waals surface area contributed by atoms with E-state index in [1.54, 1.807) is 18.2 Å². The van der Waals surface area contributed by atoms with Crippen LogP contribution in [0.5, 0.6) is 0 Å². The lowest BCUT2D eigenvalue weighted by Gasteiger charge is -2.23. The first kappa shape index (κ1) is 18.5. The van der Waals surface area contributed by atoms with Crippen molar-refractivity contribution in [2.75, 3.05) is 19.6 Å². The van der Waals surface area contributed by atoms with Crippen LogP contribution in [-0.4, -0.2) is 41.5 Å². The van der Waals surface area contributed by atoms with Gasteiger partial charge in [0.1, 0.15) is 0 Å². The third-order valence-corrected chi connectivity index (χ3v) is 6.10. The van der Waals surface area contributed by atoms with E-state index < -0.39 is 11.4 Å². The number of carbonyl (C=O) groups is 2. The lowest BCUT2D eigenvalue weighted by Crippen LogP contribution is -2.40. The number of carboxylic acids is 1. The molecule has 1 aromatic rings. The maximum Gasteiger partial charge on any atom is 0.311 e. The average molecular weight is 385 g/mol. The molecule has 7 heteroatoms. The SMILES string of the molecule is CC(NC(=O)CN1C[C@@H]2CCC[C@@]2(C(=O)O)C1)c1ccc(Cl)cc1Cl. The van der Waals surface area contributed by atoms with Crippen LogP contribution >= 0.6 is 23.2 Å². The zero-order valence-electron chi connectivity index (χ0n) is 14.1. The Morgan fingerprint density at radius 1 is 1.44 bits per heavy atom. The molecule has 5 nitrogen and oxygen atoms in total. The molecular weight excluding hydrogens is 363 g/mol. The van der Waals surface area contributed by atoms with Gasteiger partial charge < -0.3 is 10.4 Å². The maximum absolute atomic E-state index is 12.4. The van der Waals surface area contributed by atoms with Gasteiger partial charge in [0.2, 0.25) is 5.91 Å². The van der Waals surface area contributed by atoms with Crippen LogP contribution in [0.4, 0.5) is 0 Å². The predicted octanol–water partition coefficient (Wildman–Crippen LogP) is 3.36. The Morgan fingerprint density at radius 3 is 2.84 bits per heavy atom. The summed E-state index contributed by atoms with van der Waals surface area (Å²) >= 11 is 12.1. The van der Waals surface area contributed by atoms with E-state index in [1.165, 1.54) is 0 Å². The van der Waals surface area contributed by atoms with E-state index in [0.717, 1.165) is 18.4 Å². The summed E-state index contributed by atoms with van der Waals surface area (Å²) < 4.78 is 0. The first-order valence-electron chi connectivity index (χ1n) is 8.52. The van der Waals surface area contributed by atoms with E-state index in [4.69, 9.17) is 23.2 Å². The molecule has 1 unspecified atom stereocenters. The fourth-order valence-corrected chi connectivity index (χ4v) is 4.86. The van der Waals surface area contributed by atoms with Crippen LogP contribution in [0.3, 0.4) is 0 Å². The van der Waals surface area contributed by atoms with Gasteiger partial charge in [0.15, 0.2) is 0 Å². The molecule has 2 aliphatic rings. The second-order valence-electron chi connectivity index (χ2n) is 7.18. The van der Waals surface area contributed by atoms with Gasteiger partial charge in [-0.2, -0.15) is 0 Å². The molecule has 1 aliphatic heterocycles. The Kier molecular flexibility index (Phi) is 5.28. The molecule has 3 atom stereocenters. The quantitative estimate of drug-likeness (QED) is 0.816. The minimum atomic E-state index is -0.723. The first-order chi connectivity index (χ1) is 11.8. The molecule has 0 aromatic heterocycles. The van der Waals surface area contributed by atoms with Crippen molar-refractivity contribution in [3.63, 3.8) is 0 Å². The molecular formula is C18H22Cl2N2O3. The number of nitrogens with one attached hydrogen (secondary N) is 1. The van der Waals surface area contributed by atoms with E-state index in [-0.39, 0.29) is 24.4 Å². The van der Waals surface area contributed by atoms with Gasteiger partial charge in [-0.25, -0.2) is 0 Å². The number of aliphatic carboxylic acids is 1. The highest BCUT2D eigenvalue weighted by atomic mass is 35.5. The zero-order valence-corrected chi connectivity index (χ0v) is 15.6. The van der Waals surface area contributed by atoms with Crippen LogP contribution in [0.15, 0.2) is 18.2 Å². The smallest absolute Gasteiger partial charge is 0.311 e. The summed E-state index contributed by atoms with van der Waals surface area (Å²) in [6, 6.07) is 4.95. The van der Waals surface area contributed by atoms with Crippen molar-refractivity contribution in [3.05, 3.63) is 33.8 Å². The van der Waals surface area contributed by atoms with Crippen LogP contribution in [-0.2, 0) is 9.59 Å². The van der Waals surface area contributed by atoms with Gasteiger partial charge in [-0.05, 0) is 43.4 Å². The molecule has 1 saturated heterocycles. The molecule has 1 aromatic carbocycles. The van der Waals surface area contributed by atoms with Crippen LogP contribution in [0.2, 0.25) is 10.0 Å². The molecule has 2 fully saturated rings. The van der Waals surface area contributed by atoms with Crippen LogP contribution in [0, 0.1) is 11.3 Å². The molecule has 1 amide bonds. The van der Waals surface area contributed by atoms with Crippen LogP contribution in [0.25, 0.3) is 0 Å². The highest BCUT2D eigenvalue weighted by Crippen LogP contribution is 2.48. The predicted molar refractivity (Wildman–Crippen MR) is 96.9 cm³/mol. The van der Waals surface area contributed by atoms with Gasteiger partial charge >= 0.3 is 5.97 Å². The molecule has 0 spiro atoms. The summed E-state index contributed by atoms with van der Waals surface area (Å²) in [6.07, 6.45) is 2.60. The second kappa shape index (κ2) is 7.14. The standard InChI is InChI=1S/C18H22Cl2N2O3/c1-11(14-5-4-13(19)7-15(14)20)21-16(23)9-22-8-12-3-2-6-18(12,10-22)17(24)25/h4-5,7,11-12H,2-3,6,8-10H2,1H3,(H,21,23)(H,24,25)/t11?,12-,18+/m0/s1. The Morgan fingerprint density at radius 2 is 2.20 bits per heavy atom. The second-order valence-corrected chi connectivity index (χ2v) is 8.02. The van der Waals surface area contributed by atoms with E-state index in [2.05, 4.69) is 5.32 Å². The van der Waals surface area contributed by atoms with Gasteiger partial charge in [0.05, 0.1) is 18.0 Å². The third kappa shape index (κ3) is 3.64. The number of hydrogen-bond acceptors (Lipinski definition) is 3. The van der Waals surface area contributed by atoms with Crippen molar-refractivity contribution in [1.29, 1.82) is 0 Å². The van der Waals surface area contributed by atoms with E-state index >= 15 is 0 Å². The summed E-state index contributed by atoms with van der Waals surface area (Å²) in [5.74, 6) is -0.695. The first-order valence-corrected chi connectivity index (χ1v) is 9.27. The topological polar surface area (TPSA) is 69.6 Å². The lowest BCUT2D eigenvalue weighted by molar-refractivity contribution is -0.149. The average Bonchev–Trinajstić information content (AvgIpc) is 3.04. The highest BCUT2D eigenvalue weighted by molar-refractivity contribution is 6.35. The third-order valence-electron chi connectivity index (χ3n) is 5.54. The van der Waals surface area contributed by atoms with E-state index in [9.17, 15) is 14.7 Å². The van der Waals surface area contributed by atoms with Crippen molar-refractivity contribution in [1.82, 2.24) is 10.2 Å². The summed E-state index contributed by atoms with van der Waals surface area (Å²) in [4.78, 5) is 26.1. The van der Waals surface area contributed by atoms with E-state index in [0.29, 0.717) is 29.6 Å². The fourth-order valence-electron chi connectivity index (χ4n) is 4.28. The van der Waals surface area contributed by atoms with Gasteiger partial charge in [-0.1, -0.05) is 35.7 Å². The maximum atomic E-state index is 12.4. The van der Waals surface area contributed by atoms with Crippen molar-refractivity contribution in [2.24, 2.45) is 11.3 Å². The number of fused-ring (bicyclic) bond motifs is 1. The Labute approximate surface area is 157 Å². The highest BCUT2D eigenvalue weighted by Gasteiger charge is 2.54. The number of carboxylic acid groups (broad SMARTS) is 1.